The molecule has 0 aliphatic carbocycles. The van der Waals surface area contributed by atoms with Crippen LogP contribution >= 0.6 is 0 Å². The topological polar surface area (TPSA) is 89.5 Å². The monoisotopic (exact) mass is 404 g/mol. The predicted octanol–water partition coefficient (Wildman–Crippen LogP) is 1.69. The van der Waals surface area contributed by atoms with Gasteiger partial charge in [0.25, 0.3) is 10.0 Å². The smallest absolute Gasteiger partial charge is 0.376 e. The van der Waals surface area contributed by atoms with Crippen LogP contribution in [0.25, 0.3) is 0 Å². The first-order valence-corrected chi connectivity index (χ1v) is 9.60. The van der Waals surface area contributed by atoms with Gasteiger partial charge in [0.1, 0.15) is 0 Å². The quantitative estimate of drug-likeness (QED) is 0.810. The maximum atomic E-state index is 12.9. The van der Waals surface area contributed by atoms with Gasteiger partial charge >= 0.3 is 6.18 Å². The van der Waals surface area contributed by atoms with Crippen LogP contribution in [0.15, 0.2) is 41.8 Å². The first-order chi connectivity index (χ1) is 12.5. The van der Waals surface area contributed by atoms with Crippen molar-refractivity contribution >= 4 is 15.7 Å². The van der Waals surface area contributed by atoms with Crippen molar-refractivity contribution in [3.63, 3.8) is 0 Å². The highest BCUT2D eigenvalue weighted by molar-refractivity contribution is 7.89. The minimum Gasteiger partial charge on any atom is -0.376 e. The molecule has 1 aromatic heterocycles. The second-order valence-electron chi connectivity index (χ2n) is 6.42. The van der Waals surface area contributed by atoms with E-state index in [-0.39, 0.29) is 23.7 Å². The van der Waals surface area contributed by atoms with Crippen molar-refractivity contribution < 1.29 is 26.7 Å². The number of aromatic amines is 1. The van der Waals surface area contributed by atoms with Crippen LogP contribution in [-0.2, 0) is 15.6 Å². The summed E-state index contributed by atoms with van der Waals surface area (Å²) >= 11 is 0. The number of anilines is 1. The molecule has 148 valence electrons. The zero-order chi connectivity index (χ0) is 19.9. The summed E-state index contributed by atoms with van der Waals surface area (Å²) in [6, 6.07) is 5.45. The van der Waals surface area contributed by atoms with Gasteiger partial charge in [-0.05, 0) is 24.6 Å². The highest BCUT2D eigenvalue weighted by Crippen LogP contribution is 2.38. The number of benzene rings is 1. The van der Waals surface area contributed by atoms with E-state index in [0.29, 0.717) is 25.7 Å². The Kier molecular flexibility index (Phi) is 4.95. The summed E-state index contributed by atoms with van der Waals surface area (Å²) in [6.45, 7) is 1.97. The Hall–Kier alpha value is -2.11. The van der Waals surface area contributed by atoms with Gasteiger partial charge in [-0.3, -0.25) is 0 Å². The number of aliphatic hydroxyl groups is 1. The lowest BCUT2D eigenvalue weighted by Gasteiger charge is -2.35. The van der Waals surface area contributed by atoms with Gasteiger partial charge in [-0.2, -0.15) is 17.5 Å². The molecule has 0 amide bonds. The van der Waals surface area contributed by atoms with Crippen molar-refractivity contribution in [1.82, 2.24) is 14.3 Å². The highest BCUT2D eigenvalue weighted by Gasteiger charge is 2.51. The molecule has 0 spiro atoms. The first-order valence-electron chi connectivity index (χ1n) is 8.16. The number of imidazole rings is 1. The van der Waals surface area contributed by atoms with Crippen LogP contribution in [0.2, 0.25) is 0 Å². The van der Waals surface area contributed by atoms with Gasteiger partial charge in [0.05, 0.1) is 12.5 Å². The molecule has 7 nitrogen and oxygen atoms in total. The number of sulfonamides is 1. The molecule has 1 saturated heterocycles. The molecular formula is C16H19F3N4O3S. The fourth-order valence-electron chi connectivity index (χ4n) is 2.87. The lowest BCUT2D eigenvalue weighted by atomic mass is 9.95. The Morgan fingerprint density at radius 3 is 2.19 bits per heavy atom. The van der Waals surface area contributed by atoms with Crippen LogP contribution in [0, 0.1) is 0 Å². The van der Waals surface area contributed by atoms with E-state index in [4.69, 9.17) is 0 Å². The molecule has 1 fully saturated rings. The van der Waals surface area contributed by atoms with Crippen LogP contribution in [0.1, 0.15) is 12.5 Å². The van der Waals surface area contributed by atoms with Gasteiger partial charge in [-0.1, -0.05) is 12.1 Å². The molecule has 1 aliphatic rings. The Labute approximate surface area is 154 Å². The van der Waals surface area contributed by atoms with Gasteiger partial charge in [0, 0.05) is 31.9 Å². The van der Waals surface area contributed by atoms with Crippen LogP contribution in [0.4, 0.5) is 18.9 Å². The predicted molar refractivity (Wildman–Crippen MR) is 91.6 cm³/mol. The van der Waals surface area contributed by atoms with Gasteiger partial charge < -0.3 is 15.0 Å². The molecule has 0 bridgehead atoms. The summed E-state index contributed by atoms with van der Waals surface area (Å²) in [4.78, 5) is 8.18. The maximum Gasteiger partial charge on any atom is 0.421 e. The van der Waals surface area contributed by atoms with Crippen LogP contribution in [-0.4, -0.2) is 60.2 Å². The SMILES string of the molecule is CC(O)(c1ccc(N2CCN(S(=O)(=O)c3cnc[nH]3)CC2)cc1)C(F)(F)F. The number of hydrogen-bond acceptors (Lipinski definition) is 5. The number of H-pyrrole nitrogens is 1. The minimum absolute atomic E-state index is 0.0229. The van der Waals surface area contributed by atoms with E-state index < -0.39 is 21.8 Å². The van der Waals surface area contributed by atoms with Crippen molar-refractivity contribution in [1.29, 1.82) is 0 Å². The fraction of sp³-hybridized carbons (Fsp3) is 0.438. The summed E-state index contributed by atoms with van der Waals surface area (Å²) in [7, 11) is -3.64. The van der Waals surface area contributed by atoms with Crippen molar-refractivity contribution in [3.8, 4) is 0 Å². The Morgan fingerprint density at radius 2 is 1.70 bits per heavy atom. The molecule has 1 atom stereocenters. The third-order valence-electron chi connectivity index (χ3n) is 4.68. The number of halogens is 3. The Balaban J connectivity index is 1.68. The van der Waals surface area contributed by atoms with E-state index in [1.165, 1.54) is 41.1 Å². The van der Waals surface area contributed by atoms with E-state index in [2.05, 4.69) is 9.97 Å². The maximum absolute atomic E-state index is 12.9. The molecule has 0 saturated carbocycles. The van der Waals surface area contributed by atoms with Gasteiger partial charge in [-0.25, -0.2) is 13.4 Å². The molecule has 2 heterocycles. The number of nitrogens with one attached hydrogen (secondary N) is 1. The molecule has 1 aliphatic heterocycles. The fourth-order valence-corrected chi connectivity index (χ4v) is 4.19. The highest BCUT2D eigenvalue weighted by atomic mass is 32.2. The largest absolute Gasteiger partial charge is 0.421 e. The van der Waals surface area contributed by atoms with Gasteiger partial charge in [0.15, 0.2) is 10.6 Å². The number of piperazine rings is 1. The lowest BCUT2D eigenvalue weighted by molar-refractivity contribution is -0.258. The summed E-state index contributed by atoms with van der Waals surface area (Å²) in [5.41, 5.74) is -2.52. The molecular weight excluding hydrogens is 385 g/mol. The van der Waals surface area contributed by atoms with E-state index in [0.717, 1.165) is 0 Å². The third-order valence-corrected chi connectivity index (χ3v) is 6.50. The zero-order valence-electron chi connectivity index (χ0n) is 14.4. The summed E-state index contributed by atoms with van der Waals surface area (Å²) in [5, 5.41) is 9.74. The van der Waals surface area contributed by atoms with Crippen LogP contribution in [0.5, 0.6) is 0 Å². The molecule has 0 radical (unpaired) electrons. The molecule has 3 rings (SSSR count). The first kappa shape index (κ1) is 19.6. The second kappa shape index (κ2) is 6.80. The summed E-state index contributed by atoms with van der Waals surface area (Å²) in [6.07, 6.45) is -2.24. The number of alkyl halides is 3. The molecule has 1 aromatic carbocycles. The summed E-state index contributed by atoms with van der Waals surface area (Å²) < 4.78 is 65.0. The van der Waals surface area contributed by atoms with Gasteiger partial charge in [0.2, 0.25) is 0 Å². The Bertz CT molecular complexity index is 873. The second-order valence-corrected chi connectivity index (χ2v) is 8.33. The summed E-state index contributed by atoms with van der Waals surface area (Å²) in [5.74, 6) is 0. The average molecular weight is 404 g/mol. The average Bonchev–Trinajstić information content (AvgIpc) is 3.16. The molecule has 27 heavy (non-hydrogen) atoms. The van der Waals surface area contributed by atoms with Crippen LogP contribution < -0.4 is 4.90 Å². The lowest BCUT2D eigenvalue weighted by Crippen LogP contribution is -2.48. The van der Waals surface area contributed by atoms with Crippen LogP contribution in [0.3, 0.4) is 0 Å². The standard InChI is InChI=1S/C16H19F3N4O3S/c1-15(24,16(17,18)19)12-2-4-13(5-3-12)22-6-8-23(9-7-22)27(25,26)14-10-20-11-21-14/h2-5,10-11,24H,6-9H2,1H3,(H,20,21). The molecule has 1 unspecified atom stereocenters. The molecule has 11 heteroatoms. The van der Waals surface area contributed by atoms with E-state index in [1.54, 1.807) is 0 Å². The molecule has 2 aromatic rings. The van der Waals surface area contributed by atoms with E-state index in [9.17, 15) is 26.7 Å². The van der Waals surface area contributed by atoms with Crippen molar-refractivity contribution in [2.24, 2.45) is 0 Å². The zero-order valence-corrected chi connectivity index (χ0v) is 15.3. The Morgan fingerprint density at radius 1 is 1.11 bits per heavy atom. The number of aromatic nitrogens is 2. The number of nitrogens with zero attached hydrogens (tertiary/aromatic N) is 3. The normalized spacial score (nSPS) is 19.1. The van der Waals surface area contributed by atoms with Crippen molar-refractivity contribution in [3.05, 3.63) is 42.4 Å². The van der Waals surface area contributed by atoms with Crippen molar-refractivity contribution in [2.75, 3.05) is 31.1 Å². The van der Waals surface area contributed by atoms with Gasteiger partial charge in [-0.15, -0.1) is 0 Å². The van der Waals surface area contributed by atoms with E-state index in [1.807, 2.05) is 4.90 Å². The number of hydrogen-bond donors (Lipinski definition) is 2. The number of rotatable bonds is 4. The molecule has 2 N–H and O–H groups in total. The minimum atomic E-state index is -4.78. The van der Waals surface area contributed by atoms with Crippen molar-refractivity contribution in [2.45, 2.75) is 23.7 Å². The van der Waals surface area contributed by atoms with E-state index >= 15 is 0 Å². The third kappa shape index (κ3) is 3.66.